The number of hydrogen-bond donors (Lipinski definition) is 1. The molecule has 1 saturated heterocycles. The number of nitrogens with zero attached hydrogens (tertiary/aromatic N) is 1. The molecule has 1 aliphatic heterocycles. The lowest BCUT2D eigenvalue weighted by Crippen LogP contribution is -2.48. The van der Waals surface area contributed by atoms with Gasteiger partial charge < -0.3 is 10.2 Å². The van der Waals surface area contributed by atoms with Crippen molar-refractivity contribution in [2.45, 2.75) is 32.2 Å². The molecule has 3 heteroatoms. The number of piperidine rings is 1. The van der Waals surface area contributed by atoms with Gasteiger partial charge in [-0.3, -0.25) is 4.79 Å². The maximum atomic E-state index is 12.3. The van der Waals surface area contributed by atoms with Crippen LogP contribution in [0.15, 0.2) is 30.3 Å². The highest BCUT2D eigenvalue weighted by molar-refractivity contribution is 5.94. The van der Waals surface area contributed by atoms with E-state index in [1.165, 1.54) is 0 Å². The maximum absolute atomic E-state index is 12.3. The van der Waals surface area contributed by atoms with Crippen LogP contribution < -0.4 is 5.32 Å². The molecule has 0 spiro atoms. The van der Waals surface area contributed by atoms with Crippen LogP contribution in [0.5, 0.6) is 0 Å². The first kappa shape index (κ1) is 14.6. The van der Waals surface area contributed by atoms with Crippen LogP contribution in [0.4, 0.5) is 0 Å². The summed E-state index contributed by atoms with van der Waals surface area (Å²) in [5.74, 6) is 5.70. The fourth-order valence-electron chi connectivity index (χ4n) is 2.51. The number of nitrogens with one attached hydrogen (secondary N) is 1. The predicted molar refractivity (Wildman–Crippen MR) is 81.2 cm³/mol. The molecule has 1 unspecified atom stereocenters. The Balaban J connectivity index is 2.05. The van der Waals surface area contributed by atoms with E-state index in [1.54, 1.807) is 0 Å². The van der Waals surface area contributed by atoms with Crippen LogP contribution in [0, 0.1) is 11.8 Å². The molecule has 0 radical (unpaired) electrons. The predicted octanol–water partition coefficient (Wildman–Crippen LogP) is 2.03. The largest absolute Gasteiger partial charge is 0.328 e. The molecule has 1 atom stereocenters. The molecule has 0 aliphatic carbocycles. The number of benzene rings is 1. The van der Waals surface area contributed by atoms with E-state index in [2.05, 4.69) is 24.1 Å². The number of amides is 1. The summed E-state index contributed by atoms with van der Waals surface area (Å²) in [6, 6.07) is 9.96. The highest BCUT2D eigenvalue weighted by atomic mass is 16.2. The summed E-state index contributed by atoms with van der Waals surface area (Å²) >= 11 is 0. The lowest BCUT2D eigenvalue weighted by atomic mass is 10.1. The number of carbonyl (C=O) groups excluding carboxylic acids is 1. The van der Waals surface area contributed by atoms with Gasteiger partial charge in [-0.25, -0.2) is 0 Å². The fourth-order valence-corrected chi connectivity index (χ4v) is 2.51. The molecule has 1 heterocycles. The molecule has 1 aromatic rings. The van der Waals surface area contributed by atoms with Crippen LogP contribution in [-0.4, -0.2) is 36.5 Å². The van der Waals surface area contributed by atoms with Gasteiger partial charge in [0, 0.05) is 30.6 Å². The molecule has 1 N–H and O–H groups in total. The third kappa shape index (κ3) is 4.11. The number of carbonyl (C=O) groups is 1. The minimum absolute atomic E-state index is 0.0515. The minimum Gasteiger partial charge on any atom is -0.328 e. The van der Waals surface area contributed by atoms with Gasteiger partial charge in [0.1, 0.15) is 0 Å². The molecule has 0 bridgehead atoms. The highest BCUT2D eigenvalue weighted by Crippen LogP contribution is 2.11. The topological polar surface area (TPSA) is 32.3 Å². The summed E-state index contributed by atoms with van der Waals surface area (Å²) in [7, 11) is 0. The average molecular weight is 270 g/mol. The monoisotopic (exact) mass is 270 g/mol. The van der Waals surface area contributed by atoms with Gasteiger partial charge in [0.25, 0.3) is 5.91 Å². The van der Waals surface area contributed by atoms with Crippen molar-refractivity contribution in [1.29, 1.82) is 0 Å². The van der Waals surface area contributed by atoms with Crippen LogP contribution in [-0.2, 0) is 4.79 Å². The molecule has 0 saturated carbocycles. The number of hydrogen-bond acceptors (Lipinski definition) is 2. The van der Waals surface area contributed by atoms with Crippen LogP contribution in [0.25, 0.3) is 0 Å². The van der Waals surface area contributed by atoms with Crippen molar-refractivity contribution >= 4 is 5.91 Å². The molecule has 1 fully saturated rings. The van der Waals surface area contributed by atoms with Crippen LogP contribution >= 0.6 is 0 Å². The summed E-state index contributed by atoms with van der Waals surface area (Å²) in [6.45, 7) is 4.83. The van der Waals surface area contributed by atoms with E-state index in [0.717, 1.165) is 44.5 Å². The van der Waals surface area contributed by atoms with E-state index >= 15 is 0 Å². The summed E-state index contributed by atoms with van der Waals surface area (Å²) in [4.78, 5) is 14.3. The number of rotatable bonds is 3. The molecule has 20 heavy (non-hydrogen) atoms. The third-order valence-electron chi connectivity index (χ3n) is 3.52. The zero-order chi connectivity index (χ0) is 14.2. The third-order valence-corrected chi connectivity index (χ3v) is 3.52. The Morgan fingerprint density at radius 1 is 1.40 bits per heavy atom. The summed E-state index contributed by atoms with van der Waals surface area (Å²) in [6.07, 6.45) is 3.17. The van der Waals surface area contributed by atoms with E-state index in [1.807, 2.05) is 35.2 Å². The molecule has 1 aliphatic rings. The van der Waals surface area contributed by atoms with E-state index in [4.69, 9.17) is 0 Å². The van der Waals surface area contributed by atoms with Crippen LogP contribution in [0.3, 0.4) is 0 Å². The first-order chi connectivity index (χ1) is 9.81. The molecule has 1 amide bonds. The van der Waals surface area contributed by atoms with Gasteiger partial charge in [0.2, 0.25) is 0 Å². The lowest BCUT2D eigenvalue weighted by molar-refractivity contribution is -0.127. The summed E-state index contributed by atoms with van der Waals surface area (Å²) < 4.78 is 0. The van der Waals surface area contributed by atoms with Crippen molar-refractivity contribution in [1.82, 2.24) is 10.2 Å². The average Bonchev–Trinajstić information content (AvgIpc) is 2.52. The van der Waals surface area contributed by atoms with Crippen molar-refractivity contribution in [2.24, 2.45) is 0 Å². The zero-order valence-electron chi connectivity index (χ0n) is 12.1. The van der Waals surface area contributed by atoms with Crippen LogP contribution in [0.2, 0.25) is 0 Å². The Bertz CT molecular complexity index is 481. The molecule has 3 nitrogen and oxygen atoms in total. The second-order valence-corrected chi connectivity index (χ2v) is 5.11. The molecule has 1 aromatic carbocycles. The van der Waals surface area contributed by atoms with Crippen molar-refractivity contribution in [2.75, 3.05) is 19.6 Å². The van der Waals surface area contributed by atoms with Gasteiger partial charge in [-0.2, -0.15) is 0 Å². The first-order valence-corrected chi connectivity index (χ1v) is 7.39. The Labute approximate surface area is 121 Å². The Kier molecular flexibility index (Phi) is 5.64. The normalized spacial score (nSPS) is 17.9. The smallest absolute Gasteiger partial charge is 0.299 e. The van der Waals surface area contributed by atoms with E-state index in [-0.39, 0.29) is 5.91 Å². The highest BCUT2D eigenvalue weighted by Gasteiger charge is 2.23. The summed E-state index contributed by atoms with van der Waals surface area (Å²) in [5, 5.41) is 3.36. The minimum atomic E-state index is -0.0515. The van der Waals surface area contributed by atoms with Gasteiger partial charge in [-0.1, -0.05) is 31.0 Å². The van der Waals surface area contributed by atoms with Crippen molar-refractivity contribution in [3.63, 3.8) is 0 Å². The van der Waals surface area contributed by atoms with Crippen molar-refractivity contribution in [3.05, 3.63) is 35.9 Å². The van der Waals surface area contributed by atoms with Crippen LogP contribution in [0.1, 0.15) is 31.7 Å². The Morgan fingerprint density at radius 3 is 2.85 bits per heavy atom. The molecule has 106 valence electrons. The lowest BCUT2D eigenvalue weighted by Gasteiger charge is -2.33. The van der Waals surface area contributed by atoms with Gasteiger partial charge in [-0.15, -0.1) is 0 Å². The second-order valence-electron chi connectivity index (χ2n) is 5.11. The Morgan fingerprint density at radius 2 is 2.20 bits per heavy atom. The van der Waals surface area contributed by atoms with E-state index in [0.29, 0.717) is 6.04 Å². The molecular formula is C17H22N2O. The van der Waals surface area contributed by atoms with Gasteiger partial charge >= 0.3 is 0 Å². The van der Waals surface area contributed by atoms with Crippen molar-refractivity contribution < 1.29 is 4.79 Å². The zero-order valence-corrected chi connectivity index (χ0v) is 12.1. The fraction of sp³-hybridized carbons (Fsp3) is 0.471. The van der Waals surface area contributed by atoms with Gasteiger partial charge in [-0.05, 0) is 37.9 Å². The van der Waals surface area contributed by atoms with Crippen molar-refractivity contribution in [3.8, 4) is 11.8 Å². The first-order valence-electron chi connectivity index (χ1n) is 7.39. The quantitative estimate of drug-likeness (QED) is 0.852. The summed E-state index contributed by atoms with van der Waals surface area (Å²) in [5.41, 5.74) is 0.888. The van der Waals surface area contributed by atoms with Gasteiger partial charge in [0.15, 0.2) is 0 Å². The standard InChI is InChI=1S/C17H22N2O/c1-2-13-19(16-9-6-12-18-14-16)17(20)11-10-15-7-4-3-5-8-15/h3-5,7-8,16,18H,2,6,9,12-14H2,1H3. The second kappa shape index (κ2) is 7.72. The van der Waals surface area contributed by atoms with E-state index in [9.17, 15) is 4.79 Å². The molecule has 2 rings (SSSR count). The Hall–Kier alpha value is -1.79. The van der Waals surface area contributed by atoms with Gasteiger partial charge in [0.05, 0.1) is 0 Å². The van der Waals surface area contributed by atoms with E-state index < -0.39 is 0 Å². The molecular weight excluding hydrogens is 248 g/mol. The maximum Gasteiger partial charge on any atom is 0.299 e. The molecule has 0 aromatic heterocycles. The SMILES string of the molecule is CCCN(C(=O)C#Cc1ccccc1)C1CCCNC1.